The molecule has 0 saturated carbocycles. The van der Waals surface area contributed by atoms with Crippen molar-refractivity contribution in [1.82, 2.24) is 19.6 Å². The maximum absolute atomic E-state index is 15.2. The van der Waals surface area contributed by atoms with E-state index in [1.54, 1.807) is 13.1 Å². The van der Waals surface area contributed by atoms with E-state index in [1.165, 1.54) is 30.0 Å². The highest BCUT2D eigenvalue weighted by molar-refractivity contribution is 5.86. The molecule has 0 bridgehead atoms. The largest absolute Gasteiger partial charge is 0.468 e. The van der Waals surface area contributed by atoms with Gasteiger partial charge in [-0.05, 0) is 53.4 Å². The molecule has 4 aromatic rings. The van der Waals surface area contributed by atoms with Crippen molar-refractivity contribution in [2.75, 3.05) is 51.3 Å². The number of halogens is 4. The molecule has 14 heteroatoms. The maximum Gasteiger partial charge on any atom is 0.323 e. The number of methoxy groups -OCH3 is 1. The fourth-order valence-electron chi connectivity index (χ4n) is 7.21. The third kappa shape index (κ3) is 8.10. The van der Waals surface area contributed by atoms with Gasteiger partial charge in [0.2, 0.25) is 5.91 Å². The van der Waals surface area contributed by atoms with Gasteiger partial charge < -0.3 is 20.3 Å². The summed E-state index contributed by atoms with van der Waals surface area (Å²) >= 11 is 0. The van der Waals surface area contributed by atoms with Crippen LogP contribution < -0.4 is 16.2 Å². The monoisotopic (exact) mass is 730 g/mol. The van der Waals surface area contributed by atoms with Crippen molar-refractivity contribution in [2.24, 2.45) is 18.7 Å². The molecule has 3 heterocycles. The SMILES string of the molecule is COC(=O)[C@H](Cc1ccc2ccccc2c1)N1CCN(C(=O)[C@@H]2CN(c3ccc(=O)n(C)n3)C[C@H]2c2ccc(F)cc2F)[C@@H](CCN)C1.Cl.Cl. The number of hydrogen-bond acceptors (Lipinski definition) is 8. The number of fused-ring (bicyclic) bond motifs is 1. The third-order valence-corrected chi connectivity index (χ3v) is 9.72. The van der Waals surface area contributed by atoms with Crippen LogP contribution in [0.15, 0.2) is 77.6 Å². The molecule has 0 radical (unpaired) electrons. The number of nitrogens with two attached hydrogens (primary N) is 1. The van der Waals surface area contributed by atoms with Crippen LogP contribution in [0.2, 0.25) is 0 Å². The maximum atomic E-state index is 15.2. The molecule has 2 aliphatic heterocycles. The van der Waals surface area contributed by atoms with Crippen molar-refractivity contribution in [3.05, 3.63) is 106 Å². The van der Waals surface area contributed by atoms with E-state index >= 15 is 4.39 Å². The predicted molar refractivity (Wildman–Crippen MR) is 193 cm³/mol. The Morgan fingerprint density at radius 3 is 2.42 bits per heavy atom. The number of benzene rings is 3. The number of carbonyl (C=O) groups excluding carboxylic acids is 2. The lowest BCUT2D eigenvalue weighted by molar-refractivity contribution is -0.150. The molecule has 0 spiro atoms. The number of amides is 1. The predicted octanol–water partition coefficient (Wildman–Crippen LogP) is 3.92. The highest BCUT2D eigenvalue weighted by Crippen LogP contribution is 2.38. The van der Waals surface area contributed by atoms with Gasteiger partial charge in [0.25, 0.3) is 5.56 Å². The summed E-state index contributed by atoms with van der Waals surface area (Å²) in [6, 6.07) is 19.8. The topological polar surface area (TPSA) is 114 Å². The van der Waals surface area contributed by atoms with Crippen LogP contribution in [-0.4, -0.2) is 89.9 Å². The minimum atomic E-state index is -0.717. The van der Waals surface area contributed by atoms with E-state index in [0.717, 1.165) is 22.4 Å². The number of hydrogen-bond donors (Lipinski definition) is 1. The molecule has 0 unspecified atom stereocenters. The van der Waals surface area contributed by atoms with Crippen molar-refractivity contribution in [2.45, 2.75) is 30.8 Å². The Morgan fingerprint density at radius 1 is 0.960 bits per heavy atom. The van der Waals surface area contributed by atoms with Crippen LogP contribution in [0.4, 0.5) is 14.6 Å². The molecule has 2 aliphatic rings. The summed E-state index contributed by atoms with van der Waals surface area (Å²) in [7, 11) is 2.92. The molecule has 2 N–H and O–H groups in total. The number of aromatic nitrogens is 2. The van der Waals surface area contributed by atoms with E-state index in [2.05, 4.69) is 16.1 Å². The summed E-state index contributed by atoms with van der Waals surface area (Å²) in [6.07, 6.45) is 0.942. The minimum Gasteiger partial charge on any atom is -0.468 e. The first-order valence-electron chi connectivity index (χ1n) is 16.2. The van der Waals surface area contributed by atoms with Gasteiger partial charge in [0, 0.05) is 63.9 Å². The summed E-state index contributed by atoms with van der Waals surface area (Å²) in [4.78, 5) is 45.4. The van der Waals surface area contributed by atoms with Gasteiger partial charge in [0.1, 0.15) is 23.5 Å². The van der Waals surface area contributed by atoms with E-state index in [-0.39, 0.29) is 66.9 Å². The van der Waals surface area contributed by atoms with Crippen LogP contribution in [0.1, 0.15) is 23.5 Å². The lowest BCUT2D eigenvalue weighted by atomic mass is 9.86. The number of aryl methyl sites for hydroxylation is 1. The molecule has 2 fully saturated rings. The summed E-state index contributed by atoms with van der Waals surface area (Å²) in [6.45, 7) is 1.97. The second kappa shape index (κ2) is 16.7. The van der Waals surface area contributed by atoms with Crippen LogP contribution in [0.5, 0.6) is 0 Å². The molecule has 1 amide bonds. The minimum absolute atomic E-state index is 0. The van der Waals surface area contributed by atoms with Gasteiger partial charge in [-0.3, -0.25) is 19.3 Å². The molecule has 1 aromatic heterocycles. The van der Waals surface area contributed by atoms with Gasteiger partial charge in [0.05, 0.1) is 13.0 Å². The Hall–Kier alpha value is -4.10. The van der Waals surface area contributed by atoms with Gasteiger partial charge >= 0.3 is 5.97 Å². The number of esters is 1. The highest BCUT2D eigenvalue weighted by atomic mass is 35.5. The zero-order valence-corrected chi connectivity index (χ0v) is 29.5. The average molecular weight is 732 g/mol. The van der Waals surface area contributed by atoms with Crippen LogP contribution in [0, 0.1) is 17.6 Å². The van der Waals surface area contributed by atoms with Crippen molar-refractivity contribution in [3.63, 3.8) is 0 Å². The van der Waals surface area contributed by atoms with E-state index in [9.17, 15) is 18.8 Å². The Morgan fingerprint density at radius 2 is 1.72 bits per heavy atom. The van der Waals surface area contributed by atoms with E-state index < -0.39 is 29.5 Å². The molecule has 0 aliphatic carbocycles. The summed E-state index contributed by atoms with van der Waals surface area (Å²) in [5.74, 6) is -2.72. The fourth-order valence-corrected chi connectivity index (χ4v) is 7.21. The standard InChI is InChI=1S/C36H40F2N6O4.2ClH/c1-41-34(45)12-11-33(40-41)43-21-29(28-10-9-26(37)19-31(28)38)30(22-43)35(46)44-16-15-42(20-27(44)13-14-39)32(36(47)48-2)18-23-7-8-24-5-3-4-6-25(24)17-23;;/h3-12,17,19,27,29-30,32H,13-16,18,20-22,39H2,1-2H3;2*1H/t27-,29-,30+,32-;;/m0../s1. The zero-order valence-electron chi connectivity index (χ0n) is 27.9. The highest BCUT2D eigenvalue weighted by Gasteiger charge is 2.45. The molecule has 6 rings (SSSR count). The quantitative estimate of drug-likeness (QED) is 0.258. The molecule has 4 atom stereocenters. The lowest BCUT2D eigenvalue weighted by Gasteiger charge is -2.45. The number of nitrogens with zero attached hydrogens (tertiary/aromatic N) is 5. The van der Waals surface area contributed by atoms with Crippen molar-refractivity contribution in [3.8, 4) is 0 Å². The molecule has 2 saturated heterocycles. The van der Waals surface area contributed by atoms with Crippen LogP contribution in [0.3, 0.4) is 0 Å². The Bertz CT molecular complexity index is 1880. The molecular formula is C36H42Cl2F2N6O4. The molecule has 10 nitrogen and oxygen atoms in total. The summed E-state index contributed by atoms with van der Waals surface area (Å²) in [5.41, 5.74) is 7.03. The van der Waals surface area contributed by atoms with E-state index in [0.29, 0.717) is 44.8 Å². The zero-order chi connectivity index (χ0) is 33.9. The smallest absolute Gasteiger partial charge is 0.323 e. The van der Waals surface area contributed by atoms with Crippen molar-refractivity contribution >= 4 is 53.3 Å². The fraction of sp³-hybridized carbons (Fsp3) is 0.389. The van der Waals surface area contributed by atoms with Crippen molar-refractivity contribution < 1.29 is 23.1 Å². The van der Waals surface area contributed by atoms with Crippen LogP contribution in [0.25, 0.3) is 10.8 Å². The summed E-state index contributed by atoms with van der Waals surface area (Å²) in [5, 5.41) is 6.56. The van der Waals surface area contributed by atoms with Gasteiger partial charge in [-0.1, -0.05) is 48.5 Å². The van der Waals surface area contributed by atoms with Crippen LogP contribution in [-0.2, 0) is 27.8 Å². The number of rotatable bonds is 9. The Balaban J connectivity index is 0.00000281. The van der Waals surface area contributed by atoms with Gasteiger partial charge in [-0.2, -0.15) is 5.10 Å². The normalized spacial score (nSPS) is 19.8. The Labute approximate surface area is 302 Å². The van der Waals surface area contributed by atoms with Gasteiger partial charge in [0.15, 0.2) is 0 Å². The number of piperazine rings is 1. The molecule has 3 aromatic carbocycles. The Kier molecular flexibility index (Phi) is 13.0. The second-order valence-corrected chi connectivity index (χ2v) is 12.6. The number of anilines is 1. The van der Waals surface area contributed by atoms with E-state index in [1.807, 2.05) is 46.2 Å². The van der Waals surface area contributed by atoms with Gasteiger partial charge in [-0.15, -0.1) is 24.8 Å². The van der Waals surface area contributed by atoms with Gasteiger partial charge in [-0.25, -0.2) is 13.5 Å². The first-order chi connectivity index (χ1) is 23.2. The third-order valence-electron chi connectivity index (χ3n) is 9.72. The van der Waals surface area contributed by atoms with Crippen molar-refractivity contribution in [1.29, 1.82) is 0 Å². The molecule has 268 valence electrons. The lowest BCUT2D eigenvalue weighted by Crippen LogP contribution is -2.61. The first kappa shape index (κ1) is 38.7. The first-order valence-corrected chi connectivity index (χ1v) is 16.2. The number of carbonyl (C=O) groups is 2. The molecular weight excluding hydrogens is 689 g/mol. The number of ether oxygens (including phenoxy) is 1. The summed E-state index contributed by atoms with van der Waals surface area (Å²) < 4.78 is 35.6. The van der Waals surface area contributed by atoms with E-state index in [4.69, 9.17) is 10.5 Å². The second-order valence-electron chi connectivity index (χ2n) is 12.6. The van der Waals surface area contributed by atoms with Crippen LogP contribution >= 0.6 is 24.8 Å². The average Bonchev–Trinajstić information content (AvgIpc) is 3.53. The molecule has 50 heavy (non-hydrogen) atoms.